The zero-order valence-electron chi connectivity index (χ0n) is 15.1. The topological polar surface area (TPSA) is 51.2 Å². The molecule has 0 bridgehead atoms. The van der Waals surface area contributed by atoms with Crippen molar-refractivity contribution in [3.05, 3.63) is 23.8 Å². The number of nitrogens with zero attached hydrogens (tertiary/aromatic N) is 2. The van der Waals surface area contributed by atoms with Crippen molar-refractivity contribution >= 4 is 5.91 Å². The number of benzene rings is 1. The van der Waals surface area contributed by atoms with E-state index in [2.05, 4.69) is 11.9 Å². The molecule has 134 valence electrons. The van der Waals surface area contributed by atoms with Gasteiger partial charge in [-0.05, 0) is 31.2 Å². The van der Waals surface area contributed by atoms with E-state index in [0.717, 1.165) is 25.3 Å². The average molecular weight is 336 g/mol. The highest BCUT2D eigenvalue weighted by molar-refractivity contribution is 5.76. The van der Waals surface area contributed by atoms with E-state index in [1.54, 1.807) is 19.1 Å². The minimum absolute atomic E-state index is 0.0961. The number of amides is 1. The summed E-state index contributed by atoms with van der Waals surface area (Å²) < 4.78 is 16.3. The molecule has 1 heterocycles. The van der Waals surface area contributed by atoms with Crippen LogP contribution < -0.4 is 9.47 Å². The molecule has 1 fully saturated rings. The van der Waals surface area contributed by atoms with Gasteiger partial charge in [-0.3, -0.25) is 4.79 Å². The molecule has 6 heteroatoms. The normalized spacial score (nSPS) is 18.2. The second-order valence-electron chi connectivity index (χ2n) is 6.22. The van der Waals surface area contributed by atoms with Crippen molar-refractivity contribution in [2.24, 2.45) is 0 Å². The summed E-state index contributed by atoms with van der Waals surface area (Å²) in [6, 6.07) is 5.76. The molecule has 0 aliphatic carbocycles. The maximum Gasteiger partial charge on any atom is 0.222 e. The Labute approximate surface area is 144 Å². The summed E-state index contributed by atoms with van der Waals surface area (Å²) in [5.41, 5.74) is 1.06. The zero-order valence-corrected chi connectivity index (χ0v) is 15.1. The fourth-order valence-electron chi connectivity index (χ4n) is 2.86. The van der Waals surface area contributed by atoms with E-state index in [1.165, 1.54) is 0 Å². The van der Waals surface area contributed by atoms with Gasteiger partial charge in [0.05, 0.1) is 26.9 Å². The largest absolute Gasteiger partial charge is 0.493 e. The van der Waals surface area contributed by atoms with Crippen LogP contribution in [0.5, 0.6) is 11.5 Å². The lowest BCUT2D eigenvalue weighted by atomic mass is 10.1. The number of methoxy groups -OCH3 is 2. The summed E-state index contributed by atoms with van der Waals surface area (Å²) in [6.07, 6.45) is 1.24. The van der Waals surface area contributed by atoms with Gasteiger partial charge < -0.3 is 24.0 Å². The molecule has 0 spiro atoms. The Kier molecular flexibility index (Phi) is 6.87. The van der Waals surface area contributed by atoms with Crippen molar-refractivity contribution in [2.75, 3.05) is 54.6 Å². The highest BCUT2D eigenvalue weighted by Gasteiger charge is 2.21. The number of morpholine rings is 1. The molecule has 1 saturated heterocycles. The first kappa shape index (κ1) is 18.5. The van der Waals surface area contributed by atoms with E-state index in [1.807, 2.05) is 25.2 Å². The molecule has 0 aromatic heterocycles. The van der Waals surface area contributed by atoms with Crippen LogP contribution in [0.3, 0.4) is 0 Å². The van der Waals surface area contributed by atoms with Crippen LogP contribution >= 0.6 is 0 Å². The number of carbonyl (C=O) groups is 1. The van der Waals surface area contributed by atoms with Crippen molar-refractivity contribution in [1.29, 1.82) is 0 Å². The highest BCUT2D eigenvalue weighted by atomic mass is 16.5. The lowest BCUT2D eigenvalue weighted by molar-refractivity contribution is -0.132. The third kappa shape index (κ3) is 5.11. The number of carbonyl (C=O) groups excluding carboxylic acids is 1. The summed E-state index contributed by atoms with van der Waals surface area (Å²) in [7, 11) is 7.14. The molecule has 6 nitrogen and oxygen atoms in total. The van der Waals surface area contributed by atoms with Crippen molar-refractivity contribution < 1.29 is 19.0 Å². The van der Waals surface area contributed by atoms with Gasteiger partial charge >= 0.3 is 0 Å². The molecule has 1 aliphatic heterocycles. The molecule has 1 atom stereocenters. The van der Waals surface area contributed by atoms with E-state index >= 15 is 0 Å². The molecule has 0 saturated carbocycles. The van der Waals surface area contributed by atoms with E-state index < -0.39 is 0 Å². The Morgan fingerprint density at radius 2 is 2.08 bits per heavy atom. The summed E-state index contributed by atoms with van der Waals surface area (Å²) in [4.78, 5) is 16.4. The summed E-state index contributed by atoms with van der Waals surface area (Å²) >= 11 is 0. The Hall–Kier alpha value is -1.79. The maximum atomic E-state index is 12.3. The minimum atomic E-state index is 0.0961. The SMILES string of the molecule is COc1ccc(CCC(=O)N(C)CC2CN(C)CCO2)cc1OC. The van der Waals surface area contributed by atoms with Crippen molar-refractivity contribution in [3.8, 4) is 11.5 Å². The van der Waals surface area contributed by atoms with Crippen LogP contribution in [0.15, 0.2) is 18.2 Å². The van der Waals surface area contributed by atoms with Gasteiger partial charge in [0.2, 0.25) is 5.91 Å². The Morgan fingerprint density at radius 3 is 2.75 bits per heavy atom. The highest BCUT2D eigenvalue weighted by Crippen LogP contribution is 2.28. The van der Waals surface area contributed by atoms with Gasteiger partial charge in [-0.15, -0.1) is 0 Å². The third-order valence-electron chi connectivity index (χ3n) is 4.32. The number of rotatable bonds is 7. The molecule has 0 radical (unpaired) electrons. The number of hydrogen-bond donors (Lipinski definition) is 0. The van der Waals surface area contributed by atoms with E-state index in [-0.39, 0.29) is 12.0 Å². The third-order valence-corrected chi connectivity index (χ3v) is 4.32. The number of aryl methyl sites for hydroxylation is 1. The van der Waals surface area contributed by atoms with Gasteiger partial charge in [-0.25, -0.2) is 0 Å². The maximum absolute atomic E-state index is 12.3. The van der Waals surface area contributed by atoms with Crippen molar-refractivity contribution in [1.82, 2.24) is 9.80 Å². The van der Waals surface area contributed by atoms with Crippen LogP contribution in [0.2, 0.25) is 0 Å². The van der Waals surface area contributed by atoms with Crippen molar-refractivity contribution in [2.45, 2.75) is 18.9 Å². The van der Waals surface area contributed by atoms with Gasteiger partial charge in [0.1, 0.15) is 0 Å². The molecular formula is C18H28N2O4. The van der Waals surface area contributed by atoms with E-state index in [9.17, 15) is 4.79 Å². The van der Waals surface area contributed by atoms with Crippen LogP contribution in [-0.4, -0.2) is 76.4 Å². The molecule has 1 unspecified atom stereocenters. The fraction of sp³-hybridized carbons (Fsp3) is 0.611. The number of ether oxygens (including phenoxy) is 3. The average Bonchev–Trinajstić information content (AvgIpc) is 2.59. The van der Waals surface area contributed by atoms with E-state index in [4.69, 9.17) is 14.2 Å². The predicted octanol–water partition coefficient (Wildman–Crippen LogP) is 1.43. The molecule has 1 aromatic rings. The lowest BCUT2D eigenvalue weighted by Gasteiger charge is -2.32. The molecule has 2 rings (SSSR count). The van der Waals surface area contributed by atoms with Crippen LogP contribution in [-0.2, 0) is 16.0 Å². The smallest absolute Gasteiger partial charge is 0.222 e. The predicted molar refractivity (Wildman–Crippen MR) is 92.7 cm³/mol. The number of hydrogen-bond acceptors (Lipinski definition) is 5. The van der Waals surface area contributed by atoms with Crippen LogP contribution in [0.4, 0.5) is 0 Å². The van der Waals surface area contributed by atoms with Crippen LogP contribution in [0.25, 0.3) is 0 Å². The Morgan fingerprint density at radius 1 is 1.33 bits per heavy atom. The lowest BCUT2D eigenvalue weighted by Crippen LogP contribution is -2.46. The van der Waals surface area contributed by atoms with Gasteiger partial charge in [0.15, 0.2) is 11.5 Å². The van der Waals surface area contributed by atoms with Gasteiger partial charge in [-0.1, -0.05) is 6.07 Å². The Bertz CT molecular complexity index is 550. The van der Waals surface area contributed by atoms with Crippen molar-refractivity contribution in [3.63, 3.8) is 0 Å². The van der Waals surface area contributed by atoms with Crippen LogP contribution in [0.1, 0.15) is 12.0 Å². The first-order chi connectivity index (χ1) is 11.5. The monoisotopic (exact) mass is 336 g/mol. The zero-order chi connectivity index (χ0) is 17.5. The fourth-order valence-corrected chi connectivity index (χ4v) is 2.86. The molecule has 24 heavy (non-hydrogen) atoms. The second kappa shape index (κ2) is 8.89. The summed E-state index contributed by atoms with van der Waals surface area (Å²) in [5, 5.41) is 0. The Balaban J connectivity index is 1.83. The van der Waals surface area contributed by atoms with E-state index in [0.29, 0.717) is 30.9 Å². The first-order valence-electron chi connectivity index (χ1n) is 8.28. The standard InChI is InChI=1S/C18H28N2O4/c1-19-9-10-24-15(12-19)13-20(2)18(21)8-6-14-5-7-16(22-3)17(11-14)23-4/h5,7,11,15H,6,8-10,12-13H2,1-4H3. The second-order valence-corrected chi connectivity index (χ2v) is 6.22. The van der Waals surface area contributed by atoms with Crippen LogP contribution in [0, 0.1) is 0 Å². The summed E-state index contributed by atoms with van der Waals surface area (Å²) in [6.45, 7) is 3.19. The minimum Gasteiger partial charge on any atom is -0.493 e. The van der Waals surface area contributed by atoms with Gasteiger partial charge in [0, 0.05) is 33.1 Å². The molecule has 1 amide bonds. The molecule has 0 N–H and O–H groups in total. The molecule has 1 aliphatic rings. The number of likely N-dealkylation sites (N-methyl/N-ethyl adjacent to an activating group) is 2. The quantitative estimate of drug-likeness (QED) is 0.754. The van der Waals surface area contributed by atoms with Gasteiger partial charge in [0.25, 0.3) is 0 Å². The first-order valence-corrected chi connectivity index (χ1v) is 8.28. The molecule has 1 aromatic carbocycles. The van der Waals surface area contributed by atoms with Gasteiger partial charge in [-0.2, -0.15) is 0 Å². The molecular weight excluding hydrogens is 308 g/mol. The summed E-state index contributed by atoms with van der Waals surface area (Å²) in [5.74, 6) is 1.51.